The van der Waals surface area contributed by atoms with Gasteiger partial charge in [-0.25, -0.2) is 0 Å². The molecule has 0 aliphatic carbocycles. The molecule has 0 spiro atoms. The van der Waals surface area contributed by atoms with Crippen LogP contribution in [0.25, 0.3) is 0 Å². The number of benzene rings is 1. The van der Waals surface area contributed by atoms with Gasteiger partial charge in [-0.3, -0.25) is 9.01 Å². The van der Waals surface area contributed by atoms with Crippen LogP contribution in [-0.2, 0) is 28.1 Å². The maximum absolute atomic E-state index is 12.4. The molecule has 1 unspecified atom stereocenters. The van der Waals surface area contributed by atoms with Gasteiger partial charge in [-0.05, 0) is 11.6 Å². The van der Waals surface area contributed by atoms with Crippen molar-refractivity contribution in [2.24, 2.45) is 5.16 Å². The molecule has 1 aromatic carbocycles. The first kappa shape index (κ1) is 11.9. The fourth-order valence-corrected chi connectivity index (χ4v) is 1.83. The van der Waals surface area contributed by atoms with E-state index in [1.54, 1.807) is 0 Å². The fraction of sp³-hybridized carbons (Fsp3) is 0.222. The van der Waals surface area contributed by atoms with Crippen LogP contribution in [0.15, 0.2) is 29.4 Å². The molecule has 1 N–H and O–H groups in total. The van der Waals surface area contributed by atoms with E-state index in [4.69, 9.17) is 0 Å². The Morgan fingerprint density at radius 2 is 2.18 bits per heavy atom. The van der Waals surface area contributed by atoms with E-state index in [9.17, 15) is 17.4 Å². The second kappa shape index (κ2) is 4.36. The summed E-state index contributed by atoms with van der Waals surface area (Å²) in [6.45, 7) is 0. The SMILES string of the molecule is O=S1NC(Cc2cccc(C(F)(F)F)c2)=NO1. The minimum absolute atomic E-state index is 0.107. The van der Waals surface area contributed by atoms with Crippen LogP contribution in [0.5, 0.6) is 0 Å². The second-order valence-electron chi connectivity index (χ2n) is 3.32. The van der Waals surface area contributed by atoms with Crippen molar-refractivity contribution in [3.8, 4) is 0 Å². The Kier molecular flexibility index (Phi) is 3.05. The van der Waals surface area contributed by atoms with E-state index in [1.165, 1.54) is 12.1 Å². The molecule has 0 saturated carbocycles. The number of rotatable bonds is 2. The lowest BCUT2D eigenvalue weighted by molar-refractivity contribution is -0.137. The van der Waals surface area contributed by atoms with E-state index in [2.05, 4.69) is 14.2 Å². The van der Waals surface area contributed by atoms with Crippen LogP contribution >= 0.6 is 0 Å². The van der Waals surface area contributed by atoms with E-state index in [-0.39, 0.29) is 12.3 Å². The van der Waals surface area contributed by atoms with Crippen LogP contribution in [0, 0.1) is 0 Å². The summed E-state index contributed by atoms with van der Waals surface area (Å²) < 4.78 is 54.8. The number of nitrogens with zero attached hydrogens (tertiary/aromatic N) is 1. The monoisotopic (exact) mass is 264 g/mol. The van der Waals surface area contributed by atoms with E-state index >= 15 is 0 Å². The third-order valence-corrected chi connectivity index (χ3v) is 2.65. The van der Waals surface area contributed by atoms with Crippen molar-refractivity contribution in [3.63, 3.8) is 0 Å². The normalized spacial score (nSPS) is 19.5. The van der Waals surface area contributed by atoms with Crippen molar-refractivity contribution in [1.29, 1.82) is 0 Å². The molecular weight excluding hydrogens is 257 g/mol. The highest BCUT2D eigenvalue weighted by atomic mass is 32.2. The van der Waals surface area contributed by atoms with Gasteiger partial charge in [0.15, 0.2) is 5.84 Å². The smallest absolute Gasteiger partial charge is 0.269 e. The van der Waals surface area contributed by atoms with E-state index in [1.807, 2.05) is 0 Å². The summed E-state index contributed by atoms with van der Waals surface area (Å²) in [5, 5.41) is 3.43. The molecule has 0 amide bonds. The van der Waals surface area contributed by atoms with E-state index in [0.29, 0.717) is 5.56 Å². The largest absolute Gasteiger partial charge is 0.416 e. The van der Waals surface area contributed by atoms with Crippen molar-refractivity contribution in [3.05, 3.63) is 35.4 Å². The highest BCUT2D eigenvalue weighted by Crippen LogP contribution is 2.29. The standard InChI is InChI=1S/C9H7F3N2O2S/c10-9(11,12)7-3-1-2-6(4-7)5-8-13-16-17(15)14-8/h1-4H,5H2,(H,13,14). The zero-order valence-corrected chi connectivity index (χ0v) is 9.14. The summed E-state index contributed by atoms with van der Waals surface area (Å²) in [6.07, 6.45) is -4.27. The summed E-state index contributed by atoms with van der Waals surface area (Å²) in [5.74, 6) is 0.239. The van der Waals surface area contributed by atoms with Crippen LogP contribution < -0.4 is 4.72 Å². The minimum atomic E-state index is -4.37. The van der Waals surface area contributed by atoms with Gasteiger partial charge >= 0.3 is 17.4 Å². The van der Waals surface area contributed by atoms with Crippen LogP contribution in [0.1, 0.15) is 11.1 Å². The van der Waals surface area contributed by atoms with Crippen molar-refractivity contribution in [2.45, 2.75) is 12.6 Å². The fourth-order valence-electron chi connectivity index (χ4n) is 1.33. The Balaban J connectivity index is 2.15. The number of hydrogen-bond acceptors (Lipinski definition) is 3. The predicted octanol–water partition coefficient (Wildman–Crippen LogP) is 1.76. The van der Waals surface area contributed by atoms with Gasteiger partial charge in [0.05, 0.1) is 5.56 Å². The van der Waals surface area contributed by atoms with Crippen LogP contribution in [0.4, 0.5) is 13.2 Å². The zero-order chi connectivity index (χ0) is 12.5. The van der Waals surface area contributed by atoms with Gasteiger partial charge in [0.1, 0.15) is 0 Å². The topological polar surface area (TPSA) is 50.7 Å². The number of nitrogens with one attached hydrogen (secondary N) is 1. The summed E-state index contributed by atoms with van der Waals surface area (Å²) >= 11 is -1.72. The molecule has 1 aliphatic heterocycles. The molecule has 17 heavy (non-hydrogen) atoms. The van der Waals surface area contributed by atoms with Crippen molar-refractivity contribution < 1.29 is 21.7 Å². The number of halogens is 3. The van der Waals surface area contributed by atoms with Gasteiger partial charge in [-0.15, -0.1) is 0 Å². The van der Waals surface area contributed by atoms with Crippen molar-refractivity contribution >= 4 is 17.1 Å². The molecule has 0 fully saturated rings. The van der Waals surface area contributed by atoms with Gasteiger partial charge in [0.2, 0.25) is 0 Å². The van der Waals surface area contributed by atoms with Crippen molar-refractivity contribution in [1.82, 2.24) is 4.72 Å². The molecule has 92 valence electrons. The Morgan fingerprint density at radius 1 is 1.41 bits per heavy atom. The predicted molar refractivity (Wildman–Crippen MR) is 54.9 cm³/mol. The molecule has 1 atom stereocenters. The maximum atomic E-state index is 12.4. The first-order valence-electron chi connectivity index (χ1n) is 4.54. The molecule has 2 rings (SSSR count). The summed E-state index contributed by atoms with van der Waals surface area (Å²) in [4.78, 5) is 0. The number of oxime groups is 1. The third-order valence-electron chi connectivity index (χ3n) is 2.04. The van der Waals surface area contributed by atoms with Crippen molar-refractivity contribution in [2.75, 3.05) is 0 Å². The highest BCUT2D eigenvalue weighted by molar-refractivity contribution is 7.79. The van der Waals surface area contributed by atoms with E-state index < -0.39 is 23.0 Å². The lowest BCUT2D eigenvalue weighted by Gasteiger charge is -2.08. The Morgan fingerprint density at radius 3 is 2.76 bits per heavy atom. The quantitative estimate of drug-likeness (QED) is 0.884. The Hall–Kier alpha value is -1.57. The molecule has 0 saturated heterocycles. The summed E-state index contributed by atoms with van der Waals surface area (Å²) in [5.41, 5.74) is -0.316. The molecule has 0 aromatic heterocycles. The molecule has 1 heterocycles. The summed E-state index contributed by atoms with van der Waals surface area (Å²) in [6, 6.07) is 4.85. The molecule has 0 radical (unpaired) electrons. The zero-order valence-electron chi connectivity index (χ0n) is 8.32. The molecule has 0 bridgehead atoms. The Bertz CT molecular complexity index is 487. The molecular formula is C9H7F3N2O2S. The van der Waals surface area contributed by atoms with Gasteiger partial charge in [-0.1, -0.05) is 23.4 Å². The van der Waals surface area contributed by atoms with Gasteiger partial charge < -0.3 is 0 Å². The lowest BCUT2D eigenvalue weighted by Crippen LogP contribution is -2.21. The van der Waals surface area contributed by atoms with E-state index in [0.717, 1.165) is 12.1 Å². The van der Waals surface area contributed by atoms with Crippen LogP contribution in [-0.4, -0.2) is 10.0 Å². The molecule has 4 nitrogen and oxygen atoms in total. The first-order valence-corrected chi connectivity index (χ1v) is 5.61. The Labute approximate surface area is 97.2 Å². The average molecular weight is 264 g/mol. The highest BCUT2D eigenvalue weighted by Gasteiger charge is 2.30. The first-order chi connectivity index (χ1) is 7.95. The van der Waals surface area contributed by atoms with Gasteiger partial charge in [-0.2, -0.15) is 17.4 Å². The number of hydrogen-bond donors (Lipinski definition) is 1. The van der Waals surface area contributed by atoms with Crippen LogP contribution in [0.2, 0.25) is 0 Å². The summed E-state index contributed by atoms with van der Waals surface area (Å²) in [7, 11) is 0. The minimum Gasteiger partial charge on any atom is -0.269 e. The number of amidine groups is 1. The average Bonchev–Trinajstić information content (AvgIpc) is 2.63. The van der Waals surface area contributed by atoms with Gasteiger partial charge in [0, 0.05) is 6.42 Å². The molecule has 1 aromatic rings. The number of alkyl halides is 3. The molecule has 8 heteroatoms. The lowest BCUT2D eigenvalue weighted by atomic mass is 10.1. The molecule has 1 aliphatic rings. The maximum Gasteiger partial charge on any atom is 0.416 e. The second-order valence-corrected chi connectivity index (χ2v) is 4.15. The third kappa shape index (κ3) is 2.96. The van der Waals surface area contributed by atoms with Gasteiger partial charge in [0.25, 0.3) is 0 Å². The van der Waals surface area contributed by atoms with Crippen LogP contribution in [0.3, 0.4) is 0 Å².